The molecule has 0 N–H and O–H groups in total. The Hall–Kier alpha value is -0.820. The Balaban J connectivity index is 1.82. The van der Waals surface area contributed by atoms with Gasteiger partial charge in [-0.25, -0.2) is 8.42 Å². The van der Waals surface area contributed by atoms with Crippen LogP contribution in [0.2, 0.25) is 10.0 Å². The number of hydrogen-bond donors (Lipinski definition) is 0. The van der Waals surface area contributed by atoms with Crippen LogP contribution in [-0.4, -0.2) is 61.8 Å². The van der Waals surface area contributed by atoms with Gasteiger partial charge in [-0.1, -0.05) is 55.1 Å². The molecule has 0 spiro atoms. The largest absolute Gasteiger partial charge is 0.339 e. The lowest BCUT2D eigenvalue weighted by molar-refractivity contribution is -0.130. The number of carbonyl (C=O) groups excluding carboxylic acids is 1. The third-order valence-electron chi connectivity index (χ3n) is 4.55. The summed E-state index contributed by atoms with van der Waals surface area (Å²) in [5, 5.41) is 1.09. The maximum atomic E-state index is 12.3. The smallest absolute Gasteiger partial charge is 0.237 e. The minimum Gasteiger partial charge on any atom is -0.339 e. The summed E-state index contributed by atoms with van der Waals surface area (Å²) in [7, 11) is -3.31. The van der Waals surface area contributed by atoms with E-state index in [2.05, 4.69) is 4.90 Å². The molecule has 1 saturated heterocycles. The van der Waals surface area contributed by atoms with Gasteiger partial charge >= 0.3 is 0 Å². The van der Waals surface area contributed by atoms with Gasteiger partial charge in [-0.05, 0) is 18.1 Å². The SMILES string of the molecule is CCCCCS(=O)(=O)CC(=O)N1CCN(Cc2cccc(Cl)c2Cl)CC1. The van der Waals surface area contributed by atoms with Crippen LogP contribution in [0.5, 0.6) is 0 Å². The van der Waals surface area contributed by atoms with Crippen molar-refractivity contribution in [2.24, 2.45) is 0 Å². The Labute approximate surface area is 166 Å². The molecule has 2 rings (SSSR count). The number of sulfone groups is 1. The molecule has 0 radical (unpaired) electrons. The fourth-order valence-corrected chi connectivity index (χ4v) is 4.72. The molecule has 0 unspecified atom stereocenters. The van der Waals surface area contributed by atoms with E-state index >= 15 is 0 Å². The minimum absolute atomic E-state index is 0.0970. The van der Waals surface area contributed by atoms with Crippen LogP contribution in [0, 0.1) is 0 Å². The van der Waals surface area contributed by atoms with Gasteiger partial charge in [0, 0.05) is 32.7 Å². The zero-order chi connectivity index (χ0) is 19.2. The van der Waals surface area contributed by atoms with Crippen molar-refractivity contribution in [1.82, 2.24) is 9.80 Å². The molecule has 146 valence electrons. The molecular weight excluding hydrogens is 395 g/mol. The van der Waals surface area contributed by atoms with E-state index in [0.717, 1.165) is 18.4 Å². The molecule has 0 bridgehead atoms. The van der Waals surface area contributed by atoms with Gasteiger partial charge in [0.1, 0.15) is 5.75 Å². The van der Waals surface area contributed by atoms with Crippen molar-refractivity contribution in [3.63, 3.8) is 0 Å². The van der Waals surface area contributed by atoms with Gasteiger partial charge in [0.15, 0.2) is 9.84 Å². The van der Waals surface area contributed by atoms with Gasteiger partial charge < -0.3 is 4.90 Å². The highest BCUT2D eigenvalue weighted by atomic mass is 35.5. The van der Waals surface area contributed by atoms with Crippen molar-refractivity contribution in [1.29, 1.82) is 0 Å². The third kappa shape index (κ3) is 6.41. The molecule has 1 aromatic carbocycles. The number of nitrogens with zero attached hydrogens (tertiary/aromatic N) is 2. The molecule has 26 heavy (non-hydrogen) atoms. The van der Waals surface area contributed by atoms with Crippen molar-refractivity contribution >= 4 is 38.9 Å². The number of rotatable bonds is 8. The van der Waals surface area contributed by atoms with Gasteiger partial charge in [-0.15, -0.1) is 0 Å². The maximum Gasteiger partial charge on any atom is 0.237 e. The van der Waals surface area contributed by atoms with E-state index in [9.17, 15) is 13.2 Å². The van der Waals surface area contributed by atoms with Crippen LogP contribution in [0.25, 0.3) is 0 Å². The Morgan fingerprint density at radius 1 is 1.12 bits per heavy atom. The lowest BCUT2D eigenvalue weighted by Crippen LogP contribution is -2.49. The zero-order valence-corrected chi connectivity index (χ0v) is 17.4. The Morgan fingerprint density at radius 3 is 2.46 bits per heavy atom. The molecule has 8 heteroatoms. The van der Waals surface area contributed by atoms with Crippen LogP contribution in [0.4, 0.5) is 0 Å². The first-order valence-electron chi connectivity index (χ1n) is 8.96. The number of halogens is 2. The molecule has 5 nitrogen and oxygen atoms in total. The average Bonchev–Trinajstić information content (AvgIpc) is 2.59. The molecule has 0 aliphatic carbocycles. The summed E-state index contributed by atoms with van der Waals surface area (Å²) >= 11 is 12.3. The number of amides is 1. The van der Waals surface area contributed by atoms with Gasteiger partial charge in [0.25, 0.3) is 0 Å². The number of piperazine rings is 1. The maximum absolute atomic E-state index is 12.3. The summed E-state index contributed by atoms with van der Waals surface area (Å²) in [6.45, 7) is 5.11. The summed E-state index contributed by atoms with van der Waals surface area (Å²) in [5.74, 6) is -0.571. The monoisotopic (exact) mass is 420 g/mol. The van der Waals surface area contributed by atoms with E-state index < -0.39 is 9.84 Å². The fraction of sp³-hybridized carbons (Fsp3) is 0.611. The Kier molecular flexibility index (Phi) is 8.20. The van der Waals surface area contributed by atoms with Gasteiger partial charge in [-0.3, -0.25) is 9.69 Å². The molecule has 0 atom stereocenters. The molecule has 0 saturated carbocycles. The standard InChI is InChI=1S/C18H26Cl2N2O3S/c1-2-3-4-12-26(24,25)14-17(23)22-10-8-21(9-11-22)13-15-6-5-7-16(19)18(15)20/h5-7H,2-4,8-14H2,1H3. The summed E-state index contributed by atoms with van der Waals surface area (Å²) in [5.41, 5.74) is 0.956. The number of hydrogen-bond acceptors (Lipinski definition) is 4. The van der Waals surface area contributed by atoms with E-state index in [1.165, 1.54) is 0 Å². The van der Waals surface area contributed by atoms with E-state index in [-0.39, 0.29) is 17.4 Å². The highest BCUT2D eigenvalue weighted by Crippen LogP contribution is 2.26. The van der Waals surface area contributed by atoms with Gasteiger partial charge in [0.05, 0.1) is 15.8 Å². The van der Waals surface area contributed by atoms with Crippen LogP contribution in [0.1, 0.15) is 31.7 Å². The topological polar surface area (TPSA) is 57.7 Å². The second-order valence-electron chi connectivity index (χ2n) is 6.67. The summed E-state index contributed by atoms with van der Waals surface area (Å²) in [6, 6.07) is 5.56. The van der Waals surface area contributed by atoms with Crippen LogP contribution in [-0.2, 0) is 21.2 Å². The molecule has 1 fully saturated rings. The molecule has 1 aromatic rings. The van der Waals surface area contributed by atoms with Crippen LogP contribution in [0.15, 0.2) is 18.2 Å². The van der Waals surface area contributed by atoms with Crippen molar-refractivity contribution in [3.05, 3.63) is 33.8 Å². The second kappa shape index (κ2) is 9.93. The Morgan fingerprint density at radius 2 is 1.81 bits per heavy atom. The fourth-order valence-electron chi connectivity index (χ4n) is 2.99. The second-order valence-corrected chi connectivity index (χ2v) is 9.64. The van der Waals surface area contributed by atoms with Crippen LogP contribution in [0.3, 0.4) is 0 Å². The normalized spacial score (nSPS) is 16.0. The highest BCUT2D eigenvalue weighted by molar-refractivity contribution is 7.92. The van der Waals surface area contributed by atoms with Crippen molar-refractivity contribution in [3.8, 4) is 0 Å². The van der Waals surface area contributed by atoms with Gasteiger partial charge in [0.2, 0.25) is 5.91 Å². The zero-order valence-electron chi connectivity index (χ0n) is 15.1. The molecule has 1 aliphatic rings. The molecule has 0 aromatic heterocycles. The third-order valence-corrected chi connectivity index (χ3v) is 7.01. The molecule has 1 amide bonds. The first-order valence-corrected chi connectivity index (χ1v) is 11.5. The molecule has 1 heterocycles. The first-order chi connectivity index (χ1) is 12.3. The van der Waals surface area contributed by atoms with E-state index in [1.54, 1.807) is 11.0 Å². The van der Waals surface area contributed by atoms with Crippen molar-refractivity contribution in [2.75, 3.05) is 37.7 Å². The minimum atomic E-state index is -3.31. The first kappa shape index (κ1) is 21.5. The number of benzene rings is 1. The predicted molar refractivity (Wildman–Crippen MR) is 106 cm³/mol. The Bertz CT molecular complexity index is 717. The van der Waals surface area contributed by atoms with E-state index in [4.69, 9.17) is 23.2 Å². The highest BCUT2D eigenvalue weighted by Gasteiger charge is 2.25. The lowest BCUT2D eigenvalue weighted by atomic mass is 10.2. The predicted octanol–water partition coefficient (Wildman–Crippen LogP) is 3.24. The lowest BCUT2D eigenvalue weighted by Gasteiger charge is -2.35. The molecule has 1 aliphatic heterocycles. The summed E-state index contributed by atoms with van der Waals surface area (Å²) in [6.07, 6.45) is 2.46. The summed E-state index contributed by atoms with van der Waals surface area (Å²) < 4.78 is 24.1. The van der Waals surface area contributed by atoms with E-state index in [0.29, 0.717) is 49.2 Å². The van der Waals surface area contributed by atoms with Gasteiger partial charge in [-0.2, -0.15) is 0 Å². The van der Waals surface area contributed by atoms with Crippen LogP contribution >= 0.6 is 23.2 Å². The number of carbonyl (C=O) groups is 1. The van der Waals surface area contributed by atoms with Crippen LogP contribution < -0.4 is 0 Å². The quantitative estimate of drug-likeness (QED) is 0.605. The number of unbranched alkanes of at least 4 members (excludes halogenated alkanes) is 2. The van der Waals surface area contributed by atoms with Crippen molar-refractivity contribution < 1.29 is 13.2 Å². The average molecular weight is 421 g/mol. The molecular formula is C18H26Cl2N2O3S. The van der Waals surface area contributed by atoms with E-state index in [1.807, 2.05) is 19.1 Å². The summed E-state index contributed by atoms with van der Waals surface area (Å²) in [4.78, 5) is 16.1. The van der Waals surface area contributed by atoms with Crippen molar-refractivity contribution in [2.45, 2.75) is 32.7 Å².